The zero-order valence-corrected chi connectivity index (χ0v) is 13.2. The molecule has 0 saturated heterocycles. The van der Waals surface area contributed by atoms with E-state index in [1.807, 2.05) is 6.92 Å². The Morgan fingerprint density at radius 2 is 2.14 bits per heavy atom. The predicted molar refractivity (Wildman–Crippen MR) is 83.1 cm³/mol. The molecule has 1 aliphatic rings. The Kier molecular flexibility index (Phi) is 4.59. The summed E-state index contributed by atoms with van der Waals surface area (Å²) in [5.41, 5.74) is -0.586. The van der Waals surface area contributed by atoms with E-state index in [1.54, 1.807) is 19.9 Å². The van der Waals surface area contributed by atoms with E-state index in [0.717, 1.165) is 12.8 Å². The van der Waals surface area contributed by atoms with Crippen molar-refractivity contribution in [3.05, 3.63) is 18.2 Å². The van der Waals surface area contributed by atoms with Gasteiger partial charge < -0.3 is 15.2 Å². The summed E-state index contributed by atoms with van der Waals surface area (Å²) >= 11 is 0. The lowest BCUT2D eigenvalue weighted by Gasteiger charge is -2.38. The van der Waals surface area contributed by atoms with E-state index in [0.29, 0.717) is 18.0 Å². The van der Waals surface area contributed by atoms with Crippen LogP contribution in [0.3, 0.4) is 0 Å². The lowest BCUT2D eigenvalue weighted by molar-refractivity contribution is -0.134. The summed E-state index contributed by atoms with van der Waals surface area (Å²) in [6.45, 7) is 5.87. The van der Waals surface area contributed by atoms with E-state index in [9.17, 15) is 14.7 Å². The predicted octanol–water partition coefficient (Wildman–Crippen LogP) is 1.81. The number of rotatable bonds is 5. The maximum Gasteiger partial charge on any atom is 0.271 e. The van der Waals surface area contributed by atoms with Crippen molar-refractivity contribution in [2.75, 3.05) is 18.0 Å². The van der Waals surface area contributed by atoms with Gasteiger partial charge >= 0.3 is 0 Å². The van der Waals surface area contributed by atoms with Gasteiger partial charge in [-0.25, -0.2) is 0 Å². The molecular weight excluding hydrogens is 284 g/mol. The highest BCUT2D eigenvalue weighted by atomic mass is 16.5. The Balaban J connectivity index is 2.22. The van der Waals surface area contributed by atoms with Crippen LogP contribution in [0, 0.1) is 0 Å². The Labute approximate surface area is 130 Å². The first-order valence-corrected chi connectivity index (χ1v) is 7.46. The van der Waals surface area contributed by atoms with Gasteiger partial charge in [0.15, 0.2) is 5.60 Å². The molecule has 22 heavy (non-hydrogen) atoms. The van der Waals surface area contributed by atoms with Crippen molar-refractivity contribution in [2.45, 2.75) is 39.2 Å². The largest absolute Gasteiger partial charge is 0.508 e. The Bertz CT molecular complexity index is 584. The third-order valence-electron chi connectivity index (χ3n) is 3.51. The van der Waals surface area contributed by atoms with Crippen LogP contribution in [0.15, 0.2) is 18.2 Å². The highest BCUT2D eigenvalue weighted by molar-refractivity contribution is 6.05. The third-order valence-corrected chi connectivity index (χ3v) is 3.51. The second-order valence-electron chi connectivity index (χ2n) is 5.86. The molecule has 2 amide bonds. The van der Waals surface area contributed by atoms with Crippen molar-refractivity contribution in [1.82, 2.24) is 5.32 Å². The zero-order chi connectivity index (χ0) is 16.3. The Morgan fingerprint density at radius 1 is 1.41 bits per heavy atom. The summed E-state index contributed by atoms with van der Waals surface area (Å²) in [4.78, 5) is 25.9. The van der Waals surface area contributed by atoms with E-state index < -0.39 is 5.60 Å². The Hall–Kier alpha value is -2.24. The number of nitrogens with zero attached hydrogens (tertiary/aromatic N) is 1. The van der Waals surface area contributed by atoms with Crippen LogP contribution in [0.1, 0.15) is 33.6 Å². The number of fused-ring (bicyclic) bond motifs is 1. The number of hydrogen-bond acceptors (Lipinski definition) is 4. The number of aromatic hydroxyl groups is 1. The molecule has 0 spiro atoms. The van der Waals surface area contributed by atoms with Gasteiger partial charge in [0.2, 0.25) is 5.91 Å². The number of carbonyl (C=O) groups excluding carboxylic acids is 2. The highest BCUT2D eigenvalue weighted by Gasteiger charge is 2.41. The van der Waals surface area contributed by atoms with Gasteiger partial charge in [-0.3, -0.25) is 14.5 Å². The van der Waals surface area contributed by atoms with Crippen LogP contribution in [0.25, 0.3) is 0 Å². The van der Waals surface area contributed by atoms with Crippen LogP contribution in [0.4, 0.5) is 5.69 Å². The van der Waals surface area contributed by atoms with Crippen molar-refractivity contribution in [3.63, 3.8) is 0 Å². The molecule has 0 atom stereocenters. The van der Waals surface area contributed by atoms with Gasteiger partial charge in [-0.05, 0) is 32.4 Å². The first-order chi connectivity index (χ1) is 10.3. The maximum atomic E-state index is 12.5. The van der Waals surface area contributed by atoms with Crippen molar-refractivity contribution >= 4 is 17.5 Å². The number of phenols is 1. The minimum atomic E-state index is -1.08. The normalized spacial score (nSPS) is 16.0. The van der Waals surface area contributed by atoms with E-state index in [1.165, 1.54) is 17.0 Å². The van der Waals surface area contributed by atoms with Gasteiger partial charge in [0, 0.05) is 12.6 Å². The summed E-state index contributed by atoms with van der Waals surface area (Å²) in [5, 5.41) is 12.4. The molecule has 0 aliphatic carbocycles. The van der Waals surface area contributed by atoms with E-state index in [-0.39, 0.29) is 24.1 Å². The highest BCUT2D eigenvalue weighted by Crippen LogP contribution is 2.39. The molecular formula is C16H22N2O4. The van der Waals surface area contributed by atoms with Gasteiger partial charge in [-0.15, -0.1) is 0 Å². The van der Waals surface area contributed by atoms with Crippen LogP contribution < -0.4 is 15.0 Å². The quantitative estimate of drug-likeness (QED) is 0.813. The Morgan fingerprint density at radius 3 is 2.82 bits per heavy atom. The average molecular weight is 306 g/mol. The molecule has 1 aromatic rings. The van der Waals surface area contributed by atoms with Crippen molar-refractivity contribution in [1.29, 1.82) is 0 Å². The molecule has 1 heterocycles. The lowest BCUT2D eigenvalue weighted by atomic mass is 10.0. The number of phenolic OH excluding ortho intramolecular Hbond substituents is 1. The van der Waals surface area contributed by atoms with Gasteiger partial charge in [0.1, 0.15) is 18.0 Å². The molecule has 120 valence electrons. The standard InChI is InChI=1S/C16H22N2O4/c1-4-5-8-17-14(20)10-18-12-7-6-11(19)9-13(12)22-16(2,3)15(18)21/h6-7,9,19H,4-5,8,10H2,1-3H3,(H,17,20). The number of ether oxygens (including phenoxy) is 1. The molecule has 0 saturated carbocycles. The lowest BCUT2D eigenvalue weighted by Crippen LogP contribution is -2.55. The number of anilines is 1. The fourth-order valence-electron chi connectivity index (χ4n) is 2.32. The van der Waals surface area contributed by atoms with Crippen molar-refractivity contribution in [3.8, 4) is 11.5 Å². The number of unbranched alkanes of at least 4 members (excludes halogenated alkanes) is 1. The summed E-state index contributed by atoms with van der Waals surface area (Å²) < 4.78 is 5.64. The van der Waals surface area contributed by atoms with Gasteiger partial charge in [-0.1, -0.05) is 13.3 Å². The SMILES string of the molecule is CCCCNC(=O)CN1C(=O)C(C)(C)Oc2cc(O)ccc21. The molecule has 6 heteroatoms. The van der Waals surface area contributed by atoms with Crippen molar-refractivity contribution < 1.29 is 19.4 Å². The fourth-order valence-corrected chi connectivity index (χ4v) is 2.32. The van der Waals surface area contributed by atoms with Crippen LogP contribution in [-0.2, 0) is 9.59 Å². The van der Waals surface area contributed by atoms with Crippen LogP contribution in [0.5, 0.6) is 11.5 Å². The molecule has 6 nitrogen and oxygen atoms in total. The molecule has 0 fully saturated rings. The number of amides is 2. The summed E-state index contributed by atoms with van der Waals surface area (Å²) in [7, 11) is 0. The molecule has 0 radical (unpaired) electrons. The number of nitrogens with one attached hydrogen (secondary N) is 1. The molecule has 1 aliphatic heterocycles. The molecule has 0 unspecified atom stereocenters. The molecule has 0 aromatic heterocycles. The van der Waals surface area contributed by atoms with Crippen molar-refractivity contribution in [2.24, 2.45) is 0 Å². The summed E-state index contributed by atoms with van der Waals surface area (Å²) in [5.74, 6) is -0.0444. The van der Waals surface area contributed by atoms with Crippen LogP contribution in [0.2, 0.25) is 0 Å². The average Bonchev–Trinajstić information content (AvgIpc) is 2.43. The first-order valence-electron chi connectivity index (χ1n) is 7.46. The smallest absolute Gasteiger partial charge is 0.271 e. The molecule has 2 rings (SSSR count). The van der Waals surface area contributed by atoms with Gasteiger partial charge in [0.05, 0.1) is 5.69 Å². The van der Waals surface area contributed by atoms with E-state index in [4.69, 9.17) is 4.74 Å². The van der Waals surface area contributed by atoms with Crippen LogP contribution >= 0.6 is 0 Å². The topological polar surface area (TPSA) is 78.9 Å². The zero-order valence-electron chi connectivity index (χ0n) is 13.2. The molecule has 0 bridgehead atoms. The molecule has 2 N–H and O–H groups in total. The first kappa shape index (κ1) is 16.1. The minimum absolute atomic E-state index is 0.0521. The van der Waals surface area contributed by atoms with E-state index >= 15 is 0 Å². The number of benzene rings is 1. The second-order valence-corrected chi connectivity index (χ2v) is 5.86. The maximum absolute atomic E-state index is 12.5. The number of hydrogen-bond donors (Lipinski definition) is 2. The molecule has 1 aromatic carbocycles. The third kappa shape index (κ3) is 3.32. The van der Waals surface area contributed by atoms with Gasteiger partial charge in [0.25, 0.3) is 5.91 Å². The van der Waals surface area contributed by atoms with Crippen LogP contribution in [-0.4, -0.2) is 35.6 Å². The number of carbonyl (C=O) groups is 2. The monoisotopic (exact) mass is 306 g/mol. The van der Waals surface area contributed by atoms with Gasteiger partial charge in [-0.2, -0.15) is 0 Å². The summed E-state index contributed by atoms with van der Waals surface area (Å²) in [6.07, 6.45) is 1.89. The second kappa shape index (κ2) is 6.25. The minimum Gasteiger partial charge on any atom is -0.508 e. The summed E-state index contributed by atoms with van der Waals surface area (Å²) in [6, 6.07) is 4.50. The fraction of sp³-hybridized carbons (Fsp3) is 0.500. The van der Waals surface area contributed by atoms with E-state index in [2.05, 4.69) is 5.32 Å².